The molecule has 0 spiro atoms. The molecule has 2 N–H and O–H groups in total. The van der Waals surface area contributed by atoms with Crippen molar-refractivity contribution in [3.05, 3.63) is 48.7 Å². The number of aliphatic hydroxyl groups excluding tert-OH is 1. The van der Waals surface area contributed by atoms with Gasteiger partial charge < -0.3 is 20.1 Å². The number of rotatable bonds is 7. The fourth-order valence-electron chi connectivity index (χ4n) is 3.84. The lowest BCUT2D eigenvalue weighted by Crippen LogP contribution is -2.28. The predicted molar refractivity (Wildman–Crippen MR) is 121 cm³/mol. The van der Waals surface area contributed by atoms with Crippen molar-refractivity contribution in [2.45, 2.75) is 37.8 Å². The third kappa shape index (κ3) is 5.07. The molecule has 1 aliphatic rings. The molecule has 3 aromatic rings. The Morgan fingerprint density at radius 3 is 2.57 bits per heavy atom. The van der Waals surface area contributed by atoms with Crippen LogP contribution in [0.15, 0.2) is 48.7 Å². The number of nitrogens with one attached hydrogen (secondary N) is 1. The molecule has 1 aliphatic carbocycles. The molecule has 4 rings (SSSR count). The van der Waals surface area contributed by atoms with E-state index in [1.54, 1.807) is 0 Å². The molecule has 0 bridgehead atoms. The van der Waals surface area contributed by atoms with Gasteiger partial charge >= 0.3 is 0 Å². The molecule has 1 saturated carbocycles. The third-order valence-corrected chi connectivity index (χ3v) is 5.61. The molecule has 0 unspecified atom stereocenters. The standard InChI is InChI=1S/C24H30N4O2/c1-28(2)14-15-30-21-12-6-17(7-13-21)22-5-3-4-18-16-25-24(27-23(18)22)26-19-8-10-20(29)11-9-19/h3-7,12-13,16,19-20,29H,8-11,14-15H2,1-2H3,(H,25,26,27)/t19-,20-. The molecule has 0 radical (unpaired) electrons. The van der Waals surface area contributed by atoms with Gasteiger partial charge in [-0.2, -0.15) is 0 Å². The smallest absolute Gasteiger partial charge is 0.223 e. The second-order valence-corrected chi connectivity index (χ2v) is 8.26. The summed E-state index contributed by atoms with van der Waals surface area (Å²) in [5.74, 6) is 1.53. The van der Waals surface area contributed by atoms with Gasteiger partial charge in [0.15, 0.2) is 0 Å². The van der Waals surface area contributed by atoms with Gasteiger partial charge in [-0.05, 0) is 57.5 Å². The maximum atomic E-state index is 9.72. The molecule has 0 atom stereocenters. The highest BCUT2D eigenvalue weighted by Gasteiger charge is 2.20. The Bertz CT molecular complexity index is 967. The summed E-state index contributed by atoms with van der Waals surface area (Å²) in [7, 11) is 4.07. The van der Waals surface area contributed by atoms with Crippen molar-refractivity contribution in [1.82, 2.24) is 14.9 Å². The molecule has 0 aliphatic heterocycles. The van der Waals surface area contributed by atoms with Crippen LogP contribution in [0, 0.1) is 0 Å². The van der Waals surface area contributed by atoms with E-state index in [0.29, 0.717) is 18.6 Å². The lowest BCUT2D eigenvalue weighted by Gasteiger charge is -2.26. The second kappa shape index (κ2) is 9.41. The molecular formula is C24H30N4O2. The number of aliphatic hydroxyl groups is 1. The van der Waals surface area contributed by atoms with Crippen molar-refractivity contribution in [3.8, 4) is 16.9 Å². The quantitative estimate of drug-likeness (QED) is 0.619. The molecule has 2 aromatic carbocycles. The van der Waals surface area contributed by atoms with Crippen LogP contribution >= 0.6 is 0 Å². The van der Waals surface area contributed by atoms with Gasteiger partial charge in [-0.1, -0.05) is 30.3 Å². The van der Waals surface area contributed by atoms with Crippen molar-refractivity contribution in [3.63, 3.8) is 0 Å². The fraction of sp³-hybridized carbons (Fsp3) is 0.417. The maximum absolute atomic E-state index is 9.72. The molecule has 30 heavy (non-hydrogen) atoms. The van der Waals surface area contributed by atoms with Crippen LogP contribution < -0.4 is 10.1 Å². The van der Waals surface area contributed by atoms with Crippen LogP contribution in [0.4, 0.5) is 5.95 Å². The molecular weight excluding hydrogens is 376 g/mol. The predicted octanol–water partition coefficient (Wildman–Crippen LogP) is 3.95. The number of para-hydroxylation sites is 1. The van der Waals surface area contributed by atoms with Crippen molar-refractivity contribution < 1.29 is 9.84 Å². The number of fused-ring (bicyclic) bond motifs is 1. The third-order valence-electron chi connectivity index (χ3n) is 5.61. The second-order valence-electron chi connectivity index (χ2n) is 8.26. The highest BCUT2D eigenvalue weighted by atomic mass is 16.5. The minimum absolute atomic E-state index is 0.165. The first-order chi connectivity index (χ1) is 14.6. The summed E-state index contributed by atoms with van der Waals surface area (Å²) in [6.45, 7) is 1.55. The van der Waals surface area contributed by atoms with Crippen LogP contribution in [0.5, 0.6) is 5.75 Å². The first kappa shape index (κ1) is 20.6. The minimum Gasteiger partial charge on any atom is -0.492 e. The lowest BCUT2D eigenvalue weighted by atomic mass is 9.93. The first-order valence-corrected chi connectivity index (χ1v) is 10.7. The summed E-state index contributed by atoms with van der Waals surface area (Å²) in [6.07, 6.45) is 5.27. The van der Waals surface area contributed by atoms with E-state index in [-0.39, 0.29) is 6.10 Å². The van der Waals surface area contributed by atoms with Crippen molar-refractivity contribution in [1.29, 1.82) is 0 Å². The number of hydrogen-bond donors (Lipinski definition) is 2. The van der Waals surface area contributed by atoms with E-state index >= 15 is 0 Å². The van der Waals surface area contributed by atoms with Crippen LogP contribution in [0.1, 0.15) is 25.7 Å². The number of aromatic nitrogens is 2. The Morgan fingerprint density at radius 2 is 1.83 bits per heavy atom. The van der Waals surface area contributed by atoms with Crippen molar-refractivity contribution in [2.75, 3.05) is 32.6 Å². The van der Waals surface area contributed by atoms with Crippen molar-refractivity contribution in [2.24, 2.45) is 0 Å². The molecule has 1 heterocycles. The highest BCUT2D eigenvalue weighted by molar-refractivity contribution is 5.93. The van der Waals surface area contributed by atoms with E-state index in [0.717, 1.165) is 60.0 Å². The summed E-state index contributed by atoms with van der Waals surface area (Å²) in [5.41, 5.74) is 3.12. The molecule has 6 heteroatoms. The number of likely N-dealkylation sites (N-methyl/N-ethyl adjacent to an activating group) is 1. The average molecular weight is 407 g/mol. The van der Waals surface area contributed by atoms with E-state index in [9.17, 15) is 5.11 Å². The summed E-state index contributed by atoms with van der Waals surface area (Å²) in [6, 6.07) is 14.7. The van der Waals surface area contributed by atoms with Gasteiger partial charge in [0.2, 0.25) is 5.95 Å². The van der Waals surface area contributed by atoms with Crippen LogP contribution in [-0.2, 0) is 0 Å². The van der Waals surface area contributed by atoms with Crippen LogP contribution in [-0.4, -0.2) is 59.4 Å². The van der Waals surface area contributed by atoms with E-state index in [1.807, 2.05) is 44.6 Å². The normalized spacial score (nSPS) is 19.2. The van der Waals surface area contributed by atoms with E-state index in [4.69, 9.17) is 9.72 Å². The number of ether oxygens (including phenoxy) is 1. The van der Waals surface area contributed by atoms with Gasteiger partial charge in [0, 0.05) is 29.7 Å². The van der Waals surface area contributed by atoms with E-state index < -0.39 is 0 Å². The minimum atomic E-state index is -0.165. The van der Waals surface area contributed by atoms with Gasteiger partial charge in [0.25, 0.3) is 0 Å². The zero-order valence-corrected chi connectivity index (χ0v) is 17.7. The topological polar surface area (TPSA) is 70.5 Å². The fourth-order valence-corrected chi connectivity index (χ4v) is 3.84. The summed E-state index contributed by atoms with van der Waals surface area (Å²) in [5, 5.41) is 14.2. The lowest BCUT2D eigenvalue weighted by molar-refractivity contribution is 0.126. The monoisotopic (exact) mass is 406 g/mol. The number of nitrogens with zero attached hydrogens (tertiary/aromatic N) is 3. The van der Waals surface area contributed by atoms with Gasteiger partial charge in [-0.3, -0.25) is 0 Å². The zero-order chi connectivity index (χ0) is 20.9. The van der Waals surface area contributed by atoms with Gasteiger partial charge in [0.1, 0.15) is 12.4 Å². The maximum Gasteiger partial charge on any atom is 0.223 e. The SMILES string of the molecule is CN(C)CCOc1ccc(-c2cccc3cnc(N[C@H]4CC[C@H](O)CC4)nc23)cc1. The van der Waals surface area contributed by atoms with E-state index in [2.05, 4.69) is 33.4 Å². The molecule has 6 nitrogen and oxygen atoms in total. The Hall–Kier alpha value is -2.70. The van der Waals surface area contributed by atoms with Gasteiger partial charge in [-0.25, -0.2) is 9.97 Å². The Balaban J connectivity index is 1.53. The van der Waals surface area contributed by atoms with Gasteiger partial charge in [0.05, 0.1) is 11.6 Å². The molecule has 158 valence electrons. The first-order valence-electron chi connectivity index (χ1n) is 10.7. The molecule has 1 fully saturated rings. The van der Waals surface area contributed by atoms with Crippen LogP contribution in [0.2, 0.25) is 0 Å². The molecule has 0 saturated heterocycles. The summed E-state index contributed by atoms with van der Waals surface area (Å²) < 4.78 is 5.81. The summed E-state index contributed by atoms with van der Waals surface area (Å²) in [4.78, 5) is 11.4. The van der Waals surface area contributed by atoms with Crippen LogP contribution in [0.25, 0.3) is 22.0 Å². The van der Waals surface area contributed by atoms with E-state index in [1.165, 1.54) is 0 Å². The number of hydrogen-bond acceptors (Lipinski definition) is 6. The van der Waals surface area contributed by atoms with Gasteiger partial charge in [-0.15, -0.1) is 0 Å². The Kier molecular flexibility index (Phi) is 6.45. The number of benzene rings is 2. The largest absolute Gasteiger partial charge is 0.492 e. The molecule has 1 aromatic heterocycles. The summed E-state index contributed by atoms with van der Waals surface area (Å²) >= 11 is 0. The molecule has 0 amide bonds. The van der Waals surface area contributed by atoms with Crippen molar-refractivity contribution >= 4 is 16.9 Å². The number of anilines is 1. The Morgan fingerprint density at radius 1 is 1.07 bits per heavy atom. The van der Waals surface area contributed by atoms with Crippen LogP contribution in [0.3, 0.4) is 0 Å². The zero-order valence-electron chi connectivity index (χ0n) is 17.7. The Labute approximate surface area is 177 Å². The average Bonchev–Trinajstić information content (AvgIpc) is 2.75. The highest BCUT2D eigenvalue weighted by Crippen LogP contribution is 2.29.